The van der Waals surface area contributed by atoms with Gasteiger partial charge >= 0.3 is 0 Å². The number of ether oxygens (including phenoxy) is 1. The van der Waals surface area contributed by atoms with Gasteiger partial charge in [-0.1, -0.05) is 12.1 Å². The van der Waals surface area contributed by atoms with Crippen LogP contribution in [0, 0.1) is 6.92 Å². The van der Waals surface area contributed by atoms with Gasteiger partial charge in [-0.2, -0.15) is 5.10 Å². The van der Waals surface area contributed by atoms with Crippen LogP contribution in [0.25, 0.3) is 0 Å². The number of aromatic nitrogens is 2. The van der Waals surface area contributed by atoms with Crippen molar-refractivity contribution in [3.05, 3.63) is 52.4 Å². The number of hydrogen-bond donors (Lipinski definition) is 1. The number of carbonyl (C=O) groups excluding carboxylic acids is 1. The predicted octanol–water partition coefficient (Wildman–Crippen LogP) is 1.59. The maximum atomic E-state index is 11.9. The van der Waals surface area contributed by atoms with Gasteiger partial charge in [-0.15, -0.1) is 0 Å². The molecule has 0 aliphatic carbocycles. The third-order valence-electron chi connectivity index (χ3n) is 2.93. The number of rotatable bonds is 5. The summed E-state index contributed by atoms with van der Waals surface area (Å²) in [5.41, 5.74) is 1.12. The van der Waals surface area contributed by atoms with E-state index in [1.165, 1.54) is 10.7 Å². The molecule has 0 spiro atoms. The number of benzene rings is 1. The van der Waals surface area contributed by atoms with Crippen molar-refractivity contribution in [2.45, 2.75) is 19.9 Å². The fourth-order valence-corrected chi connectivity index (χ4v) is 1.88. The SMILES string of the molecule is COc1ccccc1NC(=O)CCn1nc(C)ccc1=O. The topological polar surface area (TPSA) is 73.2 Å². The molecule has 1 N–H and O–H groups in total. The standard InChI is InChI=1S/C15H17N3O3/c1-11-7-8-15(20)18(17-11)10-9-14(19)16-12-5-3-4-6-13(12)21-2/h3-8H,9-10H2,1-2H3,(H,16,19). The second kappa shape index (κ2) is 6.69. The summed E-state index contributed by atoms with van der Waals surface area (Å²) in [6, 6.07) is 10.2. The first kappa shape index (κ1) is 14.8. The van der Waals surface area contributed by atoms with Gasteiger partial charge in [-0.3, -0.25) is 9.59 Å². The van der Waals surface area contributed by atoms with Crippen molar-refractivity contribution in [2.24, 2.45) is 0 Å². The number of aryl methyl sites for hydroxylation is 2. The maximum Gasteiger partial charge on any atom is 0.266 e. The van der Waals surface area contributed by atoms with Crippen LogP contribution in [0.15, 0.2) is 41.2 Å². The summed E-state index contributed by atoms with van der Waals surface area (Å²) >= 11 is 0. The van der Waals surface area contributed by atoms with E-state index in [2.05, 4.69) is 10.4 Å². The molecule has 0 fully saturated rings. The van der Waals surface area contributed by atoms with E-state index in [-0.39, 0.29) is 24.4 Å². The fraction of sp³-hybridized carbons (Fsp3) is 0.267. The van der Waals surface area contributed by atoms with Gasteiger partial charge in [0.25, 0.3) is 5.56 Å². The number of carbonyl (C=O) groups is 1. The largest absolute Gasteiger partial charge is 0.495 e. The van der Waals surface area contributed by atoms with Crippen LogP contribution in [0.1, 0.15) is 12.1 Å². The van der Waals surface area contributed by atoms with Crippen molar-refractivity contribution in [3.8, 4) is 5.75 Å². The van der Waals surface area contributed by atoms with Gasteiger partial charge in [-0.25, -0.2) is 4.68 Å². The van der Waals surface area contributed by atoms with Gasteiger partial charge in [0.15, 0.2) is 0 Å². The first-order chi connectivity index (χ1) is 10.1. The lowest BCUT2D eigenvalue weighted by molar-refractivity contribution is -0.116. The lowest BCUT2D eigenvalue weighted by Crippen LogP contribution is -2.25. The van der Waals surface area contributed by atoms with E-state index in [0.29, 0.717) is 11.4 Å². The lowest BCUT2D eigenvalue weighted by atomic mass is 10.3. The Morgan fingerprint density at radius 3 is 2.81 bits per heavy atom. The molecular weight excluding hydrogens is 270 g/mol. The highest BCUT2D eigenvalue weighted by molar-refractivity contribution is 5.92. The van der Waals surface area contributed by atoms with E-state index >= 15 is 0 Å². The van der Waals surface area contributed by atoms with Crippen molar-refractivity contribution in [2.75, 3.05) is 12.4 Å². The number of nitrogens with one attached hydrogen (secondary N) is 1. The van der Waals surface area contributed by atoms with Crippen LogP contribution in [0.4, 0.5) is 5.69 Å². The van der Waals surface area contributed by atoms with Gasteiger partial charge < -0.3 is 10.1 Å². The molecule has 2 rings (SSSR count). The van der Waals surface area contributed by atoms with E-state index in [1.54, 1.807) is 32.2 Å². The monoisotopic (exact) mass is 287 g/mol. The molecule has 0 aliphatic heterocycles. The summed E-state index contributed by atoms with van der Waals surface area (Å²) < 4.78 is 6.45. The summed E-state index contributed by atoms with van der Waals surface area (Å²) in [7, 11) is 1.54. The van der Waals surface area contributed by atoms with Gasteiger partial charge in [-0.05, 0) is 25.1 Å². The first-order valence-electron chi connectivity index (χ1n) is 6.58. The van der Waals surface area contributed by atoms with Crippen LogP contribution in [0.2, 0.25) is 0 Å². The smallest absolute Gasteiger partial charge is 0.266 e. The Labute approximate surface area is 122 Å². The number of anilines is 1. The fourth-order valence-electron chi connectivity index (χ4n) is 1.88. The van der Waals surface area contributed by atoms with Crippen molar-refractivity contribution in [1.29, 1.82) is 0 Å². The highest BCUT2D eigenvalue weighted by atomic mass is 16.5. The normalized spacial score (nSPS) is 10.2. The van der Waals surface area contributed by atoms with Crippen LogP contribution < -0.4 is 15.6 Å². The second-order valence-electron chi connectivity index (χ2n) is 4.53. The van der Waals surface area contributed by atoms with Crippen molar-refractivity contribution in [1.82, 2.24) is 9.78 Å². The van der Waals surface area contributed by atoms with Crippen LogP contribution in [-0.4, -0.2) is 22.8 Å². The van der Waals surface area contributed by atoms with E-state index in [9.17, 15) is 9.59 Å². The minimum atomic E-state index is -0.217. The summed E-state index contributed by atoms with van der Waals surface area (Å²) in [4.78, 5) is 23.5. The first-order valence-corrected chi connectivity index (χ1v) is 6.58. The van der Waals surface area contributed by atoms with Crippen LogP contribution >= 0.6 is 0 Å². The zero-order valence-electron chi connectivity index (χ0n) is 12.0. The molecule has 6 heteroatoms. The number of nitrogens with zero attached hydrogens (tertiary/aromatic N) is 2. The zero-order valence-corrected chi connectivity index (χ0v) is 12.0. The van der Waals surface area contributed by atoms with Gasteiger partial charge in [0, 0.05) is 12.5 Å². The molecule has 0 atom stereocenters. The van der Waals surface area contributed by atoms with E-state index < -0.39 is 0 Å². The number of methoxy groups -OCH3 is 1. The molecule has 0 unspecified atom stereocenters. The lowest BCUT2D eigenvalue weighted by Gasteiger charge is -2.10. The molecule has 0 bridgehead atoms. The van der Waals surface area contributed by atoms with Gasteiger partial charge in [0.05, 0.1) is 25.0 Å². The van der Waals surface area contributed by atoms with Crippen molar-refractivity contribution >= 4 is 11.6 Å². The molecule has 21 heavy (non-hydrogen) atoms. The molecule has 2 aromatic rings. The second-order valence-corrected chi connectivity index (χ2v) is 4.53. The van der Waals surface area contributed by atoms with E-state index in [1.807, 2.05) is 12.1 Å². The average Bonchev–Trinajstić information content (AvgIpc) is 2.49. The minimum Gasteiger partial charge on any atom is -0.495 e. The molecule has 1 aromatic heterocycles. The quantitative estimate of drug-likeness (QED) is 0.906. The Hall–Kier alpha value is -2.63. The average molecular weight is 287 g/mol. The highest BCUT2D eigenvalue weighted by Gasteiger charge is 2.08. The van der Waals surface area contributed by atoms with Crippen molar-refractivity contribution in [3.63, 3.8) is 0 Å². The Balaban J connectivity index is 1.99. The molecule has 6 nitrogen and oxygen atoms in total. The number of hydrogen-bond acceptors (Lipinski definition) is 4. The van der Waals surface area contributed by atoms with Crippen LogP contribution in [0.5, 0.6) is 5.75 Å². The third kappa shape index (κ3) is 3.92. The predicted molar refractivity (Wildman–Crippen MR) is 79.5 cm³/mol. The van der Waals surface area contributed by atoms with E-state index in [4.69, 9.17) is 4.74 Å². The summed E-state index contributed by atoms with van der Waals surface area (Å²) in [5, 5.41) is 6.84. The molecule has 110 valence electrons. The minimum absolute atomic E-state index is 0.161. The highest BCUT2D eigenvalue weighted by Crippen LogP contribution is 2.22. The summed E-state index contributed by atoms with van der Waals surface area (Å²) in [5.74, 6) is 0.395. The zero-order chi connectivity index (χ0) is 15.2. The van der Waals surface area contributed by atoms with Crippen LogP contribution in [-0.2, 0) is 11.3 Å². The Morgan fingerprint density at radius 2 is 2.05 bits per heavy atom. The molecule has 0 saturated heterocycles. The Morgan fingerprint density at radius 1 is 1.29 bits per heavy atom. The molecule has 0 saturated carbocycles. The molecule has 0 radical (unpaired) electrons. The Bertz CT molecular complexity index is 695. The maximum absolute atomic E-state index is 11.9. The van der Waals surface area contributed by atoms with Gasteiger partial charge in [0.1, 0.15) is 5.75 Å². The van der Waals surface area contributed by atoms with Crippen molar-refractivity contribution < 1.29 is 9.53 Å². The molecule has 1 amide bonds. The number of amides is 1. The molecule has 1 heterocycles. The third-order valence-corrected chi connectivity index (χ3v) is 2.93. The van der Waals surface area contributed by atoms with Crippen LogP contribution in [0.3, 0.4) is 0 Å². The van der Waals surface area contributed by atoms with Gasteiger partial charge in [0.2, 0.25) is 5.91 Å². The summed E-state index contributed by atoms with van der Waals surface area (Å²) in [6.45, 7) is 2.03. The molecular formula is C15H17N3O3. The molecule has 0 aliphatic rings. The Kier molecular flexibility index (Phi) is 4.71. The number of para-hydroxylation sites is 2. The van der Waals surface area contributed by atoms with E-state index in [0.717, 1.165) is 5.69 Å². The summed E-state index contributed by atoms with van der Waals surface area (Å²) in [6.07, 6.45) is 0.161. The molecule has 1 aromatic carbocycles.